The molecule has 0 rings (SSSR count). The highest BCUT2D eigenvalue weighted by molar-refractivity contribution is 5.80. The smallest absolute Gasteiger partial charge is 0.237 e. The summed E-state index contributed by atoms with van der Waals surface area (Å²) in [5.41, 5.74) is 10.2. The molecule has 0 bridgehead atoms. The topological polar surface area (TPSA) is 78.3 Å². The first-order valence-electron chi connectivity index (χ1n) is 3.97. The third-order valence-electron chi connectivity index (χ3n) is 1.37. The third-order valence-corrected chi connectivity index (χ3v) is 1.37. The largest absolute Gasteiger partial charge is 0.371 e. The Kier molecular flexibility index (Phi) is 3.67. The van der Waals surface area contributed by atoms with E-state index in [1.165, 1.54) is 0 Å². The van der Waals surface area contributed by atoms with Gasteiger partial charge in [-0.1, -0.05) is 0 Å². The maximum absolute atomic E-state index is 10.6. The van der Waals surface area contributed by atoms with Crippen molar-refractivity contribution in [2.75, 3.05) is 0 Å². The molecule has 4 heteroatoms. The van der Waals surface area contributed by atoms with Gasteiger partial charge in [0.25, 0.3) is 0 Å². The van der Waals surface area contributed by atoms with Gasteiger partial charge in [0.2, 0.25) is 5.91 Å². The van der Waals surface area contributed by atoms with Crippen LogP contribution in [0.3, 0.4) is 0 Å². The highest BCUT2D eigenvalue weighted by Crippen LogP contribution is 2.11. The molecule has 0 spiro atoms. The summed E-state index contributed by atoms with van der Waals surface area (Å²) in [7, 11) is 0. The van der Waals surface area contributed by atoms with Crippen molar-refractivity contribution < 1.29 is 9.53 Å². The summed E-state index contributed by atoms with van der Waals surface area (Å²) in [4.78, 5) is 10.6. The second kappa shape index (κ2) is 3.87. The SMILES string of the molecule is CC(OC(C)(C)C)[C@H](N)C(N)=O. The molecule has 0 saturated carbocycles. The molecule has 0 aliphatic heterocycles. The molecular formula is C8H18N2O2. The quantitative estimate of drug-likeness (QED) is 0.632. The molecule has 0 aliphatic carbocycles. The summed E-state index contributed by atoms with van der Waals surface area (Å²) in [6.07, 6.45) is -0.345. The zero-order valence-corrected chi connectivity index (χ0v) is 8.13. The molecule has 0 radical (unpaired) electrons. The average Bonchev–Trinajstić information content (AvgIpc) is 1.82. The average molecular weight is 174 g/mol. The number of nitrogens with two attached hydrogens (primary N) is 2. The van der Waals surface area contributed by atoms with Crippen molar-refractivity contribution in [2.24, 2.45) is 11.5 Å². The van der Waals surface area contributed by atoms with E-state index < -0.39 is 11.9 Å². The Hall–Kier alpha value is -0.610. The zero-order valence-electron chi connectivity index (χ0n) is 8.13. The van der Waals surface area contributed by atoms with Crippen LogP contribution in [-0.2, 0) is 9.53 Å². The predicted octanol–water partition coefficient (Wildman–Crippen LogP) is 0.00260. The van der Waals surface area contributed by atoms with E-state index in [0.717, 1.165) is 0 Å². The van der Waals surface area contributed by atoms with Crippen molar-refractivity contribution in [1.82, 2.24) is 0 Å². The minimum absolute atomic E-state index is 0.299. The van der Waals surface area contributed by atoms with Crippen LogP contribution in [0.25, 0.3) is 0 Å². The summed E-state index contributed by atoms with van der Waals surface area (Å²) in [6.45, 7) is 7.44. The van der Waals surface area contributed by atoms with E-state index in [4.69, 9.17) is 16.2 Å². The van der Waals surface area contributed by atoms with Gasteiger partial charge in [0.05, 0.1) is 11.7 Å². The van der Waals surface area contributed by atoms with Crippen molar-refractivity contribution in [3.8, 4) is 0 Å². The van der Waals surface area contributed by atoms with Gasteiger partial charge in [-0.25, -0.2) is 0 Å². The molecule has 0 saturated heterocycles. The van der Waals surface area contributed by atoms with E-state index in [0.29, 0.717) is 0 Å². The number of carbonyl (C=O) groups excluding carboxylic acids is 1. The zero-order chi connectivity index (χ0) is 9.94. The first kappa shape index (κ1) is 11.4. The summed E-state index contributed by atoms with van der Waals surface area (Å²) in [6, 6.07) is -0.732. The summed E-state index contributed by atoms with van der Waals surface area (Å²) in [5, 5.41) is 0. The molecule has 0 heterocycles. The van der Waals surface area contributed by atoms with Crippen LogP contribution in [0.2, 0.25) is 0 Å². The Morgan fingerprint density at radius 1 is 1.42 bits per heavy atom. The van der Waals surface area contributed by atoms with Crippen LogP contribution < -0.4 is 11.5 Å². The van der Waals surface area contributed by atoms with Crippen LogP contribution in [0.1, 0.15) is 27.7 Å². The molecule has 12 heavy (non-hydrogen) atoms. The maximum atomic E-state index is 10.6. The standard InChI is InChI=1S/C8H18N2O2/c1-5(6(9)7(10)11)12-8(2,3)4/h5-6H,9H2,1-4H3,(H2,10,11)/t5?,6-/m0/s1. The predicted molar refractivity (Wildman–Crippen MR) is 47.5 cm³/mol. The van der Waals surface area contributed by atoms with E-state index in [1.807, 2.05) is 20.8 Å². The number of ether oxygens (including phenoxy) is 1. The van der Waals surface area contributed by atoms with Gasteiger partial charge >= 0.3 is 0 Å². The molecule has 0 aromatic rings. The van der Waals surface area contributed by atoms with Crippen LogP contribution in [0.4, 0.5) is 0 Å². The minimum Gasteiger partial charge on any atom is -0.371 e. The number of carbonyl (C=O) groups is 1. The summed E-state index contributed by atoms with van der Waals surface area (Å²) >= 11 is 0. The monoisotopic (exact) mass is 174 g/mol. The molecule has 1 unspecified atom stereocenters. The highest BCUT2D eigenvalue weighted by atomic mass is 16.5. The first-order valence-corrected chi connectivity index (χ1v) is 3.97. The Labute approximate surface area is 73.2 Å². The van der Waals surface area contributed by atoms with Gasteiger partial charge in [-0.3, -0.25) is 4.79 Å². The van der Waals surface area contributed by atoms with E-state index in [-0.39, 0.29) is 11.7 Å². The fourth-order valence-electron chi connectivity index (χ4n) is 0.862. The molecule has 2 atom stereocenters. The minimum atomic E-state index is -0.732. The van der Waals surface area contributed by atoms with Crippen LogP contribution in [0, 0.1) is 0 Å². The van der Waals surface area contributed by atoms with E-state index >= 15 is 0 Å². The van der Waals surface area contributed by atoms with Gasteiger partial charge in [0, 0.05) is 0 Å². The fraction of sp³-hybridized carbons (Fsp3) is 0.875. The van der Waals surface area contributed by atoms with E-state index in [2.05, 4.69) is 0 Å². The number of hydrogen-bond donors (Lipinski definition) is 2. The molecule has 72 valence electrons. The molecule has 0 aromatic heterocycles. The lowest BCUT2D eigenvalue weighted by Crippen LogP contribution is -2.47. The van der Waals surface area contributed by atoms with Gasteiger partial charge in [-0.15, -0.1) is 0 Å². The molecule has 4 N–H and O–H groups in total. The van der Waals surface area contributed by atoms with Crippen LogP contribution in [-0.4, -0.2) is 23.7 Å². The normalized spacial score (nSPS) is 17.1. The van der Waals surface area contributed by atoms with Crippen LogP contribution in [0.5, 0.6) is 0 Å². The molecule has 1 amide bonds. The van der Waals surface area contributed by atoms with Gasteiger partial charge in [-0.2, -0.15) is 0 Å². The van der Waals surface area contributed by atoms with Crippen LogP contribution >= 0.6 is 0 Å². The lowest BCUT2D eigenvalue weighted by molar-refractivity contribution is -0.126. The molecular weight excluding hydrogens is 156 g/mol. The number of hydrogen-bond acceptors (Lipinski definition) is 3. The lowest BCUT2D eigenvalue weighted by Gasteiger charge is -2.27. The summed E-state index contributed by atoms with van der Waals surface area (Å²) in [5.74, 6) is -0.535. The Morgan fingerprint density at radius 3 is 2.08 bits per heavy atom. The highest BCUT2D eigenvalue weighted by Gasteiger charge is 2.23. The van der Waals surface area contributed by atoms with Gasteiger partial charge < -0.3 is 16.2 Å². The molecule has 4 nitrogen and oxygen atoms in total. The Morgan fingerprint density at radius 2 is 1.83 bits per heavy atom. The van der Waals surface area contributed by atoms with Gasteiger partial charge in [0.15, 0.2) is 0 Å². The Balaban J connectivity index is 4.04. The second-order valence-electron chi connectivity index (χ2n) is 3.86. The molecule has 0 aliphatic rings. The van der Waals surface area contributed by atoms with Gasteiger partial charge in [0.1, 0.15) is 6.04 Å². The number of amides is 1. The van der Waals surface area contributed by atoms with E-state index in [1.54, 1.807) is 6.92 Å². The van der Waals surface area contributed by atoms with Crippen molar-refractivity contribution in [3.63, 3.8) is 0 Å². The van der Waals surface area contributed by atoms with Crippen molar-refractivity contribution in [2.45, 2.75) is 45.4 Å². The van der Waals surface area contributed by atoms with Crippen molar-refractivity contribution >= 4 is 5.91 Å². The van der Waals surface area contributed by atoms with Crippen LogP contribution in [0.15, 0.2) is 0 Å². The van der Waals surface area contributed by atoms with E-state index in [9.17, 15) is 4.79 Å². The molecule has 0 fully saturated rings. The Bertz CT molecular complexity index is 163. The lowest BCUT2D eigenvalue weighted by atomic mass is 10.1. The van der Waals surface area contributed by atoms with Crippen molar-refractivity contribution in [1.29, 1.82) is 0 Å². The van der Waals surface area contributed by atoms with Crippen molar-refractivity contribution in [3.05, 3.63) is 0 Å². The summed E-state index contributed by atoms with van der Waals surface area (Å²) < 4.78 is 5.43. The second-order valence-corrected chi connectivity index (χ2v) is 3.86. The third kappa shape index (κ3) is 4.31. The first-order chi connectivity index (χ1) is 5.24. The number of rotatable bonds is 3. The maximum Gasteiger partial charge on any atom is 0.237 e. The molecule has 0 aromatic carbocycles. The fourth-order valence-corrected chi connectivity index (χ4v) is 0.862. The van der Waals surface area contributed by atoms with Gasteiger partial charge in [-0.05, 0) is 27.7 Å². The number of primary amides is 1.